The highest BCUT2D eigenvalue weighted by molar-refractivity contribution is 5.88. The quantitative estimate of drug-likeness (QED) is 0.628. The van der Waals surface area contributed by atoms with Crippen molar-refractivity contribution in [1.29, 1.82) is 0 Å². The third-order valence-electron chi connectivity index (χ3n) is 2.70. The van der Waals surface area contributed by atoms with Gasteiger partial charge < -0.3 is 20.1 Å². The maximum absolute atomic E-state index is 12.2. The molecule has 1 unspecified atom stereocenters. The van der Waals surface area contributed by atoms with Gasteiger partial charge in [-0.25, -0.2) is 0 Å². The van der Waals surface area contributed by atoms with Gasteiger partial charge in [0.25, 0.3) is 0 Å². The number of nitrogens with zero attached hydrogens (tertiary/aromatic N) is 1. The van der Waals surface area contributed by atoms with E-state index in [-0.39, 0.29) is 12.5 Å². The lowest BCUT2D eigenvalue weighted by Gasteiger charge is -2.30. The number of ether oxygens (including phenoxy) is 2. The number of esters is 1. The van der Waals surface area contributed by atoms with Crippen LogP contribution in [0.25, 0.3) is 0 Å². The third kappa shape index (κ3) is 5.46. The summed E-state index contributed by atoms with van der Waals surface area (Å²) >= 11 is 0. The van der Waals surface area contributed by atoms with E-state index in [0.29, 0.717) is 26.2 Å². The first kappa shape index (κ1) is 16.9. The molecule has 0 aliphatic heterocycles. The zero-order chi connectivity index (χ0) is 14.2. The Morgan fingerprint density at radius 3 is 2.39 bits per heavy atom. The third-order valence-corrected chi connectivity index (χ3v) is 2.70. The first-order valence-corrected chi connectivity index (χ1v) is 6.11. The van der Waals surface area contributed by atoms with Crippen molar-refractivity contribution in [1.82, 2.24) is 4.90 Å². The number of methoxy groups -OCH3 is 1. The van der Waals surface area contributed by atoms with Gasteiger partial charge in [-0.3, -0.25) is 9.59 Å². The van der Waals surface area contributed by atoms with Gasteiger partial charge in [0.2, 0.25) is 5.91 Å². The van der Waals surface area contributed by atoms with Crippen molar-refractivity contribution < 1.29 is 19.1 Å². The molecule has 0 radical (unpaired) electrons. The number of carbonyl (C=O) groups excluding carboxylic acids is 2. The maximum Gasteiger partial charge on any atom is 0.325 e. The fraction of sp³-hybridized carbons (Fsp3) is 0.833. The van der Waals surface area contributed by atoms with Gasteiger partial charge in [0.15, 0.2) is 0 Å². The van der Waals surface area contributed by atoms with Crippen molar-refractivity contribution in [3.63, 3.8) is 0 Å². The summed E-state index contributed by atoms with van der Waals surface area (Å²) in [5.41, 5.74) is 4.93. The van der Waals surface area contributed by atoms with Gasteiger partial charge in [-0.05, 0) is 20.3 Å². The van der Waals surface area contributed by atoms with Gasteiger partial charge in [0.1, 0.15) is 6.54 Å². The Labute approximate surface area is 108 Å². The molecule has 0 heterocycles. The molecule has 18 heavy (non-hydrogen) atoms. The Bertz CT molecular complexity index is 279. The zero-order valence-corrected chi connectivity index (χ0v) is 11.7. The minimum atomic E-state index is -0.972. The van der Waals surface area contributed by atoms with E-state index in [2.05, 4.69) is 0 Å². The Morgan fingerprint density at radius 1 is 1.33 bits per heavy atom. The standard InChI is InChI=1S/C12H24N2O4/c1-5-12(3,13)11(16)14(7-8-17-4)9-10(15)18-6-2/h5-9,13H2,1-4H3. The number of hydrogen-bond acceptors (Lipinski definition) is 5. The molecule has 1 atom stereocenters. The van der Waals surface area contributed by atoms with E-state index in [9.17, 15) is 9.59 Å². The lowest BCUT2D eigenvalue weighted by Crippen LogP contribution is -2.54. The van der Waals surface area contributed by atoms with E-state index >= 15 is 0 Å². The minimum absolute atomic E-state index is 0.0944. The summed E-state index contributed by atoms with van der Waals surface area (Å²) in [6, 6.07) is 0. The molecule has 0 aromatic carbocycles. The van der Waals surface area contributed by atoms with E-state index in [0.717, 1.165) is 0 Å². The van der Waals surface area contributed by atoms with Crippen LogP contribution in [0.2, 0.25) is 0 Å². The molecule has 2 N–H and O–H groups in total. The summed E-state index contributed by atoms with van der Waals surface area (Å²) in [7, 11) is 1.54. The van der Waals surface area contributed by atoms with Crippen molar-refractivity contribution >= 4 is 11.9 Å². The van der Waals surface area contributed by atoms with Crippen LogP contribution >= 0.6 is 0 Å². The van der Waals surface area contributed by atoms with E-state index in [1.807, 2.05) is 6.92 Å². The summed E-state index contributed by atoms with van der Waals surface area (Å²) in [5, 5.41) is 0. The Hall–Kier alpha value is -1.14. The van der Waals surface area contributed by atoms with E-state index in [1.54, 1.807) is 13.8 Å². The fourth-order valence-electron chi connectivity index (χ4n) is 1.33. The second-order valence-electron chi connectivity index (χ2n) is 4.30. The fourth-order valence-corrected chi connectivity index (χ4v) is 1.33. The van der Waals surface area contributed by atoms with Crippen LogP contribution in [0.4, 0.5) is 0 Å². The lowest BCUT2D eigenvalue weighted by atomic mass is 9.98. The van der Waals surface area contributed by atoms with Crippen LogP contribution in [-0.2, 0) is 19.1 Å². The van der Waals surface area contributed by atoms with Crippen molar-refractivity contribution in [3.8, 4) is 0 Å². The number of hydrogen-bond donors (Lipinski definition) is 1. The lowest BCUT2D eigenvalue weighted by molar-refractivity contribution is -0.151. The van der Waals surface area contributed by atoms with E-state index < -0.39 is 11.5 Å². The van der Waals surface area contributed by atoms with Crippen molar-refractivity contribution in [2.24, 2.45) is 5.73 Å². The van der Waals surface area contributed by atoms with Gasteiger partial charge in [-0.2, -0.15) is 0 Å². The average Bonchev–Trinajstić information content (AvgIpc) is 2.33. The molecule has 0 fully saturated rings. The van der Waals surface area contributed by atoms with E-state index in [1.165, 1.54) is 12.0 Å². The molecule has 6 heteroatoms. The van der Waals surface area contributed by atoms with Crippen LogP contribution in [0.3, 0.4) is 0 Å². The molecule has 106 valence electrons. The van der Waals surface area contributed by atoms with Crippen LogP contribution in [0.15, 0.2) is 0 Å². The van der Waals surface area contributed by atoms with E-state index in [4.69, 9.17) is 15.2 Å². The SMILES string of the molecule is CCOC(=O)CN(CCOC)C(=O)C(C)(N)CC. The molecule has 0 spiro atoms. The molecule has 0 saturated carbocycles. The van der Waals surface area contributed by atoms with Crippen LogP contribution < -0.4 is 5.73 Å². The van der Waals surface area contributed by atoms with Crippen LogP contribution in [0, 0.1) is 0 Å². The van der Waals surface area contributed by atoms with Crippen molar-refractivity contribution in [2.75, 3.05) is 33.4 Å². The Balaban J connectivity index is 4.66. The molecular weight excluding hydrogens is 236 g/mol. The van der Waals surface area contributed by atoms with Crippen LogP contribution in [-0.4, -0.2) is 55.7 Å². The summed E-state index contributed by atoms with van der Waals surface area (Å²) in [5.74, 6) is -0.705. The second-order valence-corrected chi connectivity index (χ2v) is 4.30. The molecular formula is C12H24N2O4. The topological polar surface area (TPSA) is 81.9 Å². The van der Waals surface area contributed by atoms with Gasteiger partial charge in [0, 0.05) is 13.7 Å². The molecule has 0 aliphatic carbocycles. The molecule has 0 rings (SSSR count). The molecule has 0 aromatic heterocycles. The predicted octanol–water partition coefficient (Wildman–Crippen LogP) is 0.152. The van der Waals surface area contributed by atoms with Crippen molar-refractivity contribution in [3.05, 3.63) is 0 Å². The zero-order valence-electron chi connectivity index (χ0n) is 11.7. The van der Waals surface area contributed by atoms with Crippen LogP contribution in [0.1, 0.15) is 27.2 Å². The largest absolute Gasteiger partial charge is 0.465 e. The van der Waals surface area contributed by atoms with Gasteiger partial charge in [-0.15, -0.1) is 0 Å². The minimum Gasteiger partial charge on any atom is -0.465 e. The molecule has 0 saturated heterocycles. The highest BCUT2D eigenvalue weighted by atomic mass is 16.5. The Morgan fingerprint density at radius 2 is 1.94 bits per heavy atom. The highest BCUT2D eigenvalue weighted by Crippen LogP contribution is 2.10. The molecule has 6 nitrogen and oxygen atoms in total. The molecule has 0 bridgehead atoms. The highest BCUT2D eigenvalue weighted by Gasteiger charge is 2.31. The number of rotatable bonds is 8. The van der Waals surface area contributed by atoms with Gasteiger partial charge in [0.05, 0.1) is 18.8 Å². The number of nitrogens with two attached hydrogens (primary N) is 1. The summed E-state index contributed by atoms with van der Waals surface area (Å²) in [6.45, 7) is 6.07. The molecule has 0 aromatic rings. The second kappa shape index (κ2) is 8.05. The van der Waals surface area contributed by atoms with Crippen molar-refractivity contribution in [2.45, 2.75) is 32.7 Å². The first-order valence-electron chi connectivity index (χ1n) is 6.11. The summed E-state index contributed by atoms with van der Waals surface area (Å²) in [4.78, 5) is 25.0. The smallest absolute Gasteiger partial charge is 0.325 e. The normalized spacial score (nSPS) is 13.8. The number of amides is 1. The van der Waals surface area contributed by atoms with Gasteiger partial charge >= 0.3 is 5.97 Å². The number of carbonyl (C=O) groups is 2. The maximum atomic E-state index is 12.2. The monoisotopic (exact) mass is 260 g/mol. The molecule has 0 aliphatic rings. The summed E-state index contributed by atoms with van der Waals surface area (Å²) < 4.78 is 9.76. The Kier molecular flexibility index (Phi) is 7.54. The van der Waals surface area contributed by atoms with Gasteiger partial charge in [-0.1, -0.05) is 6.92 Å². The molecule has 1 amide bonds. The van der Waals surface area contributed by atoms with Crippen LogP contribution in [0.5, 0.6) is 0 Å². The predicted molar refractivity (Wildman–Crippen MR) is 68.0 cm³/mol. The average molecular weight is 260 g/mol. The summed E-state index contributed by atoms with van der Waals surface area (Å²) in [6.07, 6.45) is 0.498. The first-order chi connectivity index (χ1) is 8.38.